The lowest BCUT2D eigenvalue weighted by Gasteiger charge is -2.24. The van der Waals surface area contributed by atoms with Crippen molar-refractivity contribution in [1.82, 2.24) is 0 Å². The summed E-state index contributed by atoms with van der Waals surface area (Å²) in [5, 5.41) is 8.44. The van der Waals surface area contributed by atoms with Crippen LogP contribution in [0.3, 0.4) is 0 Å². The van der Waals surface area contributed by atoms with Gasteiger partial charge in [0.15, 0.2) is 15.0 Å². The van der Waals surface area contributed by atoms with E-state index in [0.717, 1.165) is 5.69 Å². The lowest BCUT2D eigenvalue weighted by molar-refractivity contribution is 0.415. The van der Waals surface area contributed by atoms with Gasteiger partial charge >= 0.3 is 0 Å². The molecule has 2 aliphatic heterocycles. The highest BCUT2D eigenvalue weighted by molar-refractivity contribution is 8.15. The van der Waals surface area contributed by atoms with E-state index in [-0.39, 0.29) is 22.8 Å². The quantitative estimate of drug-likeness (QED) is 0.892. The maximum Gasteiger partial charge on any atom is 0.161 e. The first kappa shape index (κ1) is 12.8. The third-order valence-corrected chi connectivity index (χ3v) is 6.55. The molecule has 0 aliphatic carbocycles. The van der Waals surface area contributed by atoms with Crippen molar-refractivity contribution in [2.45, 2.75) is 11.3 Å². The molecule has 1 aromatic rings. The van der Waals surface area contributed by atoms with Gasteiger partial charge in [-0.2, -0.15) is 0 Å². The number of sulfone groups is 1. The van der Waals surface area contributed by atoms with Crippen LogP contribution in [0.25, 0.3) is 0 Å². The molecule has 0 aromatic heterocycles. The number of benzene rings is 1. The number of nitrogens with one attached hydrogen (secondary N) is 1. The molecular formula is C12H14N2O3S2. The number of rotatable bonds is 2. The highest BCUT2D eigenvalue weighted by Crippen LogP contribution is 2.40. The molecule has 0 radical (unpaired) electrons. The van der Waals surface area contributed by atoms with E-state index in [1.54, 1.807) is 7.11 Å². The Hall–Kier alpha value is -1.21. The zero-order valence-electron chi connectivity index (χ0n) is 10.4. The van der Waals surface area contributed by atoms with Crippen LogP contribution >= 0.6 is 11.8 Å². The average Bonchev–Trinajstić information content (AvgIpc) is 2.79. The summed E-state index contributed by atoms with van der Waals surface area (Å²) < 4.78 is 28.6. The molecule has 1 aromatic carbocycles. The van der Waals surface area contributed by atoms with Crippen LogP contribution in [0.1, 0.15) is 0 Å². The SMILES string of the molecule is COc1cccc(N2C(=N)SC3CS(=O)(=O)CC32)c1. The zero-order chi connectivity index (χ0) is 13.6. The molecule has 0 bridgehead atoms. The molecule has 19 heavy (non-hydrogen) atoms. The number of methoxy groups -OCH3 is 1. The van der Waals surface area contributed by atoms with Crippen molar-refractivity contribution in [3.05, 3.63) is 24.3 Å². The average molecular weight is 298 g/mol. The number of hydrogen-bond acceptors (Lipinski definition) is 5. The molecule has 1 N–H and O–H groups in total. The van der Waals surface area contributed by atoms with Crippen LogP contribution in [-0.4, -0.2) is 43.5 Å². The van der Waals surface area contributed by atoms with Gasteiger partial charge < -0.3 is 9.64 Å². The standard InChI is InChI=1S/C12H14N2O3S2/c1-17-9-4-2-3-8(5-9)14-10-6-19(15,16)7-11(10)18-12(14)13/h2-5,10-11,13H,6-7H2,1H3. The maximum atomic E-state index is 11.7. The Kier molecular flexibility index (Phi) is 2.98. The molecule has 0 spiro atoms. The molecule has 2 heterocycles. The van der Waals surface area contributed by atoms with Gasteiger partial charge in [0, 0.05) is 17.0 Å². The van der Waals surface area contributed by atoms with Gasteiger partial charge in [-0.3, -0.25) is 5.41 Å². The first-order valence-electron chi connectivity index (χ1n) is 5.89. The number of amidine groups is 1. The van der Waals surface area contributed by atoms with Crippen molar-refractivity contribution in [3.8, 4) is 5.75 Å². The molecule has 0 saturated carbocycles. The summed E-state index contributed by atoms with van der Waals surface area (Å²) in [5.74, 6) is 1.01. The van der Waals surface area contributed by atoms with Gasteiger partial charge in [0.1, 0.15) is 5.75 Å². The Morgan fingerprint density at radius 1 is 1.42 bits per heavy atom. The fraction of sp³-hybridized carbons (Fsp3) is 0.417. The molecule has 3 rings (SSSR count). The predicted molar refractivity (Wildman–Crippen MR) is 77.0 cm³/mol. The smallest absolute Gasteiger partial charge is 0.161 e. The van der Waals surface area contributed by atoms with E-state index in [2.05, 4.69) is 0 Å². The molecule has 5 nitrogen and oxygen atoms in total. The summed E-state index contributed by atoms with van der Waals surface area (Å²) in [6.45, 7) is 0. The second-order valence-electron chi connectivity index (χ2n) is 4.68. The molecule has 2 atom stereocenters. The minimum atomic E-state index is -2.98. The lowest BCUT2D eigenvalue weighted by atomic mass is 10.2. The van der Waals surface area contributed by atoms with Gasteiger partial charge in [0.2, 0.25) is 0 Å². The van der Waals surface area contributed by atoms with Crippen molar-refractivity contribution in [2.24, 2.45) is 0 Å². The van der Waals surface area contributed by atoms with E-state index in [0.29, 0.717) is 10.9 Å². The number of ether oxygens (including phenoxy) is 1. The lowest BCUT2D eigenvalue weighted by Crippen LogP contribution is -2.37. The number of hydrogen-bond donors (Lipinski definition) is 1. The fourth-order valence-electron chi connectivity index (χ4n) is 2.57. The minimum Gasteiger partial charge on any atom is -0.497 e. The molecule has 2 unspecified atom stereocenters. The summed E-state index contributed by atoms with van der Waals surface area (Å²) in [5.41, 5.74) is 0.821. The topological polar surface area (TPSA) is 70.5 Å². The van der Waals surface area contributed by atoms with Crippen LogP contribution in [0.4, 0.5) is 5.69 Å². The van der Waals surface area contributed by atoms with Crippen molar-refractivity contribution in [1.29, 1.82) is 5.41 Å². The second kappa shape index (κ2) is 4.42. The van der Waals surface area contributed by atoms with E-state index < -0.39 is 9.84 Å². The Balaban J connectivity index is 1.97. The first-order valence-corrected chi connectivity index (χ1v) is 8.59. The number of thioether (sulfide) groups is 1. The maximum absolute atomic E-state index is 11.7. The Bertz CT molecular complexity index is 630. The Morgan fingerprint density at radius 2 is 2.21 bits per heavy atom. The van der Waals surface area contributed by atoms with Gasteiger partial charge in [-0.15, -0.1) is 0 Å². The number of anilines is 1. The van der Waals surface area contributed by atoms with E-state index in [4.69, 9.17) is 10.1 Å². The van der Waals surface area contributed by atoms with E-state index in [9.17, 15) is 8.42 Å². The van der Waals surface area contributed by atoms with Crippen molar-refractivity contribution >= 4 is 32.5 Å². The molecule has 2 aliphatic rings. The summed E-state index contributed by atoms with van der Waals surface area (Å²) >= 11 is 1.34. The fourth-order valence-corrected chi connectivity index (χ4v) is 6.36. The minimum absolute atomic E-state index is 0.0244. The largest absolute Gasteiger partial charge is 0.497 e. The van der Waals surface area contributed by atoms with Crippen molar-refractivity contribution in [3.63, 3.8) is 0 Å². The van der Waals surface area contributed by atoms with Crippen LogP contribution in [0, 0.1) is 5.41 Å². The highest BCUT2D eigenvalue weighted by atomic mass is 32.2. The van der Waals surface area contributed by atoms with Crippen molar-refractivity contribution < 1.29 is 13.2 Å². The molecular weight excluding hydrogens is 284 g/mol. The molecule has 2 fully saturated rings. The second-order valence-corrected chi connectivity index (χ2v) is 8.06. The predicted octanol–water partition coefficient (Wildman–Crippen LogP) is 1.35. The van der Waals surface area contributed by atoms with E-state index >= 15 is 0 Å². The van der Waals surface area contributed by atoms with Gasteiger partial charge in [-0.1, -0.05) is 17.8 Å². The highest BCUT2D eigenvalue weighted by Gasteiger charge is 2.48. The summed E-state index contributed by atoms with van der Waals surface area (Å²) in [7, 11) is -1.39. The molecule has 2 saturated heterocycles. The summed E-state index contributed by atoms with van der Waals surface area (Å²) in [6, 6.07) is 7.27. The van der Waals surface area contributed by atoms with Gasteiger partial charge in [0.05, 0.1) is 24.7 Å². The zero-order valence-corrected chi connectivity index (χ0v) is 12.0. The first-order chi connectivity index (χ1) is 9.00. The van der Waals surface area contributed by atoms with Gasteiger partial charge in [-0.05, 0) is 12.1 Å². The third-order valence-electron chi connectivity index (χ3n) is 3.42. The molecule has 102 valence electrons. The Morgan fingerprint density at radius 3 is 2.95 bits per heavy atom. The molecule has 0 amide bonds. The third kappa shape index (κ3) is 2.21. The summed E-state index contributed by atoms with van der Waals surface area (Å²) in [4.78, 5) is 1.81. The van der Waals surface area contributed by atoms with E-state index in [1.165, 1.54) is 11.8 Å². The van der Waals surface area contributed by atoms with Crippen molar-refractivity contribution in [2.75, 3.05) is 23.5 Å². The number of fused-ring (bicyclic) bond motifs is 1. The van der Waals surface area contributed by atoms with Crippen LogP contribution in [0.2, 0.25) is 0 Å². The van der Waals surface area contributed by atoms with E-state index in [1.807, 2.05) is 29.2 Å². The number of nitrogens with zero attached hydrogens (tertiary/aromatic N) is 1. The van der Waals surface area contributed by atoms with Gasteiger partial charge in [-0.25, -0.2) is 8.42 Å². The van der Waals surface area contributed by atoms with Crippen LogP contribution in [0.5, 0.6) is 5.75 Å². The van der Waals surface area contributed by atoms with Gasteiger partial charge in [0.25, 0.3) is 0 Å². The monoisotopic (exact) mass is 298 g/mol. The normalized spacial score (nSPS) is 28.5. The van der Waals surface area contributed by atoms with Crippen LogP contribution < -0.4 is 9.64 Å². The Labute approximate surface area is 116 Å². The van der Waals surface area contributed by atoms with Crippen LogP contribution in [-0.2, 0) is 9.84 Å². The molecule has 7 heteroatoms. The van der Waals surface area contributed by atoms with Crippen LogP contribution in [0.15, 0.2) is 24.3 Å². The summed E-state index contributed by atoms with van der Waals surface area (Å²) in [6.07, 6.45) is 0.